The van der Waals surface area contributed by atoms with Gasteiger partial charge in [0, 0.05) is 18.3 Å². The van der Waals surface area contributed by atoms with Gasteiger partial charge in [0.25, 0.3) is 0 Å². The molecule has 1 saturated heterocycles. The van der Waals surface area contributed by atoms with Crippen LogP contribution in [-0.2, 0) is 11.3 Å². The van der Waals surface area contributed by atoms with E-state index in [1.54, 1.807) is 0 Å². The van der Waals surface area contributed by atoms with Crippen LogP contribution in [0, 0.1) is 11.3 Å². The van der Waals surface area contributed by atoms with Crippen molar-refractivity contribution in [3.05, 3.63) is 36.0 Å². The van der Waals surface area contributed by atoms with Crippen molar-refractivity contribution in [2.45, 2.75) is 44.9 Å². The first-order valence-electron chi connectivity index (χ1n) is 6.74. The van der Waals surface area contributed by atoms with Crippen LogP contribution in [0.25, 0.3) is 10.9 Å². The van der Waals surface area contributed by atoms with E-state index in [1.165, 1.54) is 5.39 Å². The van der Waals surface area contributed by atoms with E-state index in [-0.39, 0.29) is 11.7 Å². The summed E-state index contributed by atoms with van der Waals surface area (Å²) in [5.74, 6) is 0. The molecule has 19 heavy (non-hydrogen) atoms. The van der Waals surface area contributed by atoms with Crippen LogP contribution in [0.1, 0.15) is 32.3 Å². The standard InChI is InChI=1S/C16H18N2O/c1-16(2)7-5-14(19-16)11-18-8-6-13-4-3-12(10-17)9-15(13)18/h3-4,6,8-9,14H,5,7,11H2,1-2H3. The number of nitriles is 1. The molecule has 0 saturated carbocycles. The molecular formula is C16H18N2O. The maximum atomic E-state index is 8.99. The number of benzene rings is 1. The summed E-state index contributed by atoms with van der Waals surface area (Å²) in [5.41, 5.74) is 1.83. The lowest BCUT2D eigenvalue weighted by molar-refractivity contribution is -0.0212. The van der Waals surface area contributed by atoms with Crippen LogP contribution in [0.5, 0.6) is 0 Å². The van der Waals surface area contributed by atoms with Gasteiger partial charge in [-0.15, -0.1) is 0 Å². The Morgan fingerprint density at radius 2 is 2.26 bits per heavy atom. The number of hydrogen-bond acceptors (Lipinski definition) is 2. The molecule has 3 rings (SSSR count). The molecule has 0 spiro atoms. The van der Waals surface area contributed by atoms with E-state index in [9.17, 15) is 0 Å². The van der Waals surface area contributed by atoms with Crippen LogP contribution in [0.3, 0.4) is 0 Å². The molecular weight excluding hydrogens is 236 g/mol. The second kappa shape index (κ2) is 4.40. The second-order valence-electron chi connectivity index (χ2n) is 5.89. The van der Waals surface area contributed by atoms with Crippen molar-refractivity contribution in [1.82, 2.24) is 4.57 Å². The number of nitrogens with zero attached hydrogens (tertiary/aromatic N) is 2. The van der Waals surface area contributed by atoms with E-state index < -0.39 is 0 Å². The summed E-state index contributed by atoms with van der Waals surface area (Å²) in [7, 11) is 0. The molecule has 1 atom stereocenters. The third-order valence-corrected chi connectivity index (χ3v) is 3.86. The van der Waals surface area contributed by atoms with Gasteiger partial charge in [-0.25, -0.2) is 0 Å². The molecule has 0 N–H and O–H groups in total. The van der Waals surface area contributed by atoms with Crippen molar-refractivity contribution < 1.29 is 4.74 Å². The molecule has 2 aromatic rings. The van der Waals surface area contributed by atoms with E-state index in [2.05, 4.69) is 36.7 Å². The average Bonchev–Trinajstić information content (AvgIpc) is 2.93. The first-order valence-corrected chi connectivity index (χ1v) is 6.74. The van der Waals surface area contributed by atoms with Crippen molar-refractivity contribution in [2.75, 3.05) is 0 Å². The highest BCUT2D eigenvalue weighted by Crippen LogP contribution is 2.31. The van der Waals surface area contributed by atoms with Gasteiger partial charge >= 0.3 is 0 Å². The van der Waals surface area contributed by atoms with E-state index >= 15 is 0 Å². The van der Waals surface area contributed by atoms with Gasteiger partial charge in [-0.3, -0.25) is 0 Å². The van der Waals surface area contributed by atoms with Crippen LogP contribution >= 0.6 is 0 Å². The van der Waals surface area contributed by atoms with Crippen molar-refractivity contribution in [1.29, 1.82) is 5.26 Å². The van der Waals surface area contributed by atoms with Gasteiger partial charge in [0.05, 0.1) is 23.3 Å². The van der Waals surface area contributed by atoms with E-state index in [0.717, 1.165) is 24.9 Å². The third-order valence-electron chi connectivity index (χ3n) is 3.86. The molecule has 1 unspecified atom stereocenters. The fourth-order valence-corrected chi connectivity index (χ4v) is 2.84. The van der Waals surface area contributed by atoms with Gasteiger partial charge in [-0.1, -0.05) is 6.07 Å². The summed E-state index contributed by atoms with van der Waals surface area (Å²) < 4.78 is 8.24. The largest absolute Gasteiger partial charge is 0.370 e. The number of hydrogen-bond donors (Lipinski definition) is 0. The molecule has 2 heterocycles. The maximum Gasteiger partial charge on any atom is 0.0992 e. The first-order chi connectivity index (χ1) is 9.07. The van der Waals surface area contributed by atoms with Gasteiger partial charge in [-0.2, -0.15) is 5.26 Å². The van der Waals surface area contributed by atoms with Crippen LogP contribution < -0.4 is 0 Å². The average molecular weight is 254 g/mol. The summed E-state index contributed by atoms with van der Waals surface area (Å²) in [6.07, 6.45) is 4.57. The number of aromatic nitrogens is 1. The van der Waals surface area contributed by atoms with Crippen LogP contribution in [0.15, 0.2) is 30.5 Å². The predicted molar refractivity (Wildman–Crippen MR) is 74.8 cm³/mol. The van der Waals surface area contributed by atoms with Crippen LogP contribution in [0.2, 0.25) is 0 Å². The molecule has 3 nitrogen and oxygen atoms in total. The lowest BCUT2D eigenvalue weighted by Gasteiger charge is -2.19. The quantitative estimate of drug-likeness (QED) is 0.823. The Morgan fingerprint density at radius 3 is 2.95 bits per heavy atom. The van der Waals surface area contributed by atoms with Crippen LogP contribution in [0.4, 0.5) is 0 Å². The molecule has 1 aliphatic rings. The molecule has 1 aromatic carbocycles. The highest BCUT2D eigenvalue weighted by Gasteiger charge is 2.31. The van der Waals surface area contributed by atoms with E-state index in [0.29, 0.717) is 5.56 Å². The lowest BCUT2D eigenvalue weighted by atomic mass is 10.1. The molecule has 0 amide bonds. The number of fused-ring (bicyclic) bond motifs is 1. The van der Waals surface area contributed by atoms with Gasteiger partial charge in [0.15, 0.2) is 0 Å². The minimum Gasteiger partial charge on any atom is -0.370 e. The molecule has 0 bridgehead atoms. The van der Waals surface area contributed by atoms with Gasteiger partial charge in [0.1, 0.15) is 0 Å². The molecule has 0 radical (unpaired) electrons. The fraction of sp³-hybridized carbons (Fsp3) is 0.438. The van der Waals surface area contributed by atoms with Gasteiger partial charge in [-0.05, 0) is 50.3 Å². The highest BCUT2D eigenvalue weighted by molar-refractivity contribution is 5.81. The Bertz CT molecular complexity index is 648. The Balaban J connectivity index is 1.87. The second-order valence-corrected chi connectivity index (χ2v) is 5.89. The zero-order valence-corrected chi connectivity index (χ0v) is 11.4. The Morgan fingerprint density at radius 1 is 1.42 bits per heavy atom. The maximum absolute atomic E-state index is 8.99. The smallest absolute Gasteiger partial charge is 0.0992 e. The minimum atomic E-state index is 0.00539. The molecule has 1 fully saturated rings. The molecule has 1 aliphatic heterocycles. The van der Waals surface area contributed by atoms with Gasteiger partial charge < -0.3 is 9.30 Å². The first kappa shape index (κ1) is 12.3. The van der Waals surface area contributed by atoms with Crippen molar-refractivity contribution in [3.8, 4) is 6.07 Å². The van der Waals surface area contributed by atoms with Crippen LogP contribution in [-0.4, -0.2) is 16.3 Å². The third kappa shape index (κ3) is 2.36. The Hall–Kier alpha value is -1.79. The zero-order chi connectivity index (χ0) is 13.5. The normalized spacial score (nSPS) is 21.6. The molecule has 1 aromatic heterocycles. The van der Waals surface area contributed by atoms with Crippen molar-refractivity contribution >= 4 is 10.9 Å². The summed E-state index contributed by atoms with van der Waals surface area (Å²) >= 11 is 0. The van der Waals surface area contributed by atoms with Crippen molar-refractivity contribution in [2.24, 2.45) is 0 Å². The molecule has 98 valence electrons. The summed E-state index contributed by atoms with van der Waals surface area (Å²) in [6.45, 7) is 5.16. The minimum absolute atomic E-state index is 0.00539. The van der Waals surface area contributed by atoms with E-state index in [1.807, 2.05) is 18.2 Å². The number of ether oxygens (including phenoxy) is 1. The zero-order valence-electron chi connectivity index (χ0n) is 11.4. The topological polar surface area (TPSA) is 38.0 Å². The monoisotopic (exact) mass is 254 g/mol. The summed E-state index contributed by atoms with van der Waals surface area (Å²) in [6, 6.07) is 10.1. The van der Waals surface area contributed by atoms with Crippen molar-refractivity contribution in [3.63, 3.8) is 0 Å². The summed E-state index contributed by atoms with van der Waals surface area (Å²) in [5, 5.41) is 10.2. The lowest BCUT2D eigenvalue weighted by Crippen LogP contribution is -2.22. The highest BCUT2D eigenvalue weighted by atomic mass is 16.5. The molecule has 0 aliphatic carbocycles. The van der Waals surface area contributed by atoms with E-state index in [4.69, 9.17) is 10.00 Å². The SMILES string of the molecule is CC1(C)CCC(Cn2ccc3ccc(C#N)cc32)O1. The number of rotatable bonds is 2. The van der Waals surface area contributed by atoms with Gasteiger partial charge in [0.2, 0.25) is 0 Å². The summed E-state index contributed by atoms with van der Waals surface area (Å²) in [4.78, 5) is 0. The fourth-order valence-electron chi connectivity index (χ4n) is 2.84. The molecule has 3 heteroatoms. The predicted octanol–water partition coefficient (Wildman–Crippen LogP) is 3.47. The Labute approximate surface area is 113 Å². The Kier molecular flexibility index (Phi) is 2.83.